The molecule has 15 aromatic carbocycles. The van der Waals surface area contributed by atoms with E-state index in [2.05, 4.69) is 400 Å². The number of hydrogen-bond acceptors (Lipinski definition) is 4. The Morgan fingerprint density at radius 2 is 0.752 bits per heavy atom. The Bertz CT molecular complexity index is 7020. The van der Waals surface area contributed by atoms with Gasteiger partial charge in [-0.25, -0.2) is 0 Å². The van der Waals surface area contributed by atoms with Gasteiger partial charge < -0.3 is 18.8 Å². The summed E-state index contributed by atoms with van der Waals surface area (Å²) in [6, 6.07) is 133. The molecule has 1 N–H and O–H groups in total. The molecule has 0 spiro atoms. The number of rotatable bonds is 12. The molecule has 0 aliphatic rings. The number of carbonyl (C=O) groups is 1. The van der Waals surface area contributed by atoms with Crippen molar-refractivity contribution in [1.82, 2.24) is 4.57 Å². The van der Waals surface area contributed by atoms with E-state index in [0.717, 1.165) is 89.6 Å². The monoisotopic (exact) mass is 2190 g/mol. The zero-order valence-corrected chi connectivity index (χ0v) is 78.6. The van der Waals surface area contributed by atoms with Crippen molar-refractivity contribution in [3.8, 4) is 117 Å². The number of nitrogens with zero attached hydrogens (tertiary/aromatic N) is 4. The quantitative estimate of drug-likeness (QED) is 0.0574. The molecule has 20 aromatic rings. The van der Waals surface area contributed by atoms with Crippen LogP contribution in [0, 0.1) is 55.8 Å². The van der Waals surface area contributed by atoms with Gasteiger partial charge in [-0.1, -0.05) is 296 Å². The summed E-state index contributed by atoms with van der Waals surface area (Å²) in [5.74, 6) is 0.917. The van der Waals surface area contributed by atoms with Crippen LogP contribution in [0.25, 0.3) is 169 Å². The van der Waals surface area contributed by atoms with Gasteiger partial charge >= 0.3 is 0 Å². The number of aliphatic hydroxyl groups excluding tert-OH is 1. The van der Waals surface area contributed by atoms with Crippen molar-refractivity contribution in [3.63, 3.8) is 0 Å². The zero-order valence-electron chi connectivity index (χ0n) is 69.8. The summed E-state index contributed by atoms with van der Waals surface area (Å²) >= 11 is 3.78. The smallest absolute Gasteiger partial charge is 0.155 e. The second kappa shape index (κ2) is 40.9. The first-order chi connectivity index (χ1) is 59.5. The van der Waals surface area contributed by atoms with Gasteiger partial charge in [0.05, 0.1) is 29.5 Å². The number of carbonyl (C=O) groups excluding carboxylic acids is 1. The van der Waals surface area contributed by atoms with Crippen molar-refractivity contribution >= 4 is 79.7 Å². The van der Waals surface area contributed by atoms with E-state index in [1.165, 1.54) is 127 Å². The number of thiophene rings is 2. The number of aliphatic hydroxyl groups is 1. The zero-order chi connectivity index (χ0) is 84.3. The summed E-state index contributed by atoms with van der Waals surface area (Å²) in [4.78, 5) is 10.0. The summed E-state index contributed by atoms with van der Waals surface area (Å²) in [6.07, 6.45) is 7.33. The first-order valence-corrected chi connectivity index (χ1v) is 42.2. The van der Waals surface area contributed by atoms with Crippen LogP contribution >= 0.6 is 22.7 Å². The van der Waals surface area contributed by atoms with Gasteiger partial charge in [-0.15, -0.1) is 70.2 Å². The average Bonchev–Trinajstić information content (AvgIpc) is 1.68. The van der Waals surface area contributed by atoms with E-state index < -0.39 is 0 Å². The third-order valence-electron chi connectivity index (χ3n) is 21.8. The van der Waals surface area contributed by atoms with Gasteiger partial charge in [0.25, 0.3) is 0 Å². The van der Waals surface area contributed by atoms with Crippen LogP contribution in [0.1, 0.15) is 41.7 Å². The fourth-order valence-electron chi connectivity index (χ4n) is 15.9. The van der Waals surface area contributed by atoms with Crippen LogP contribution in [0.5, 0.6) is 0 Å². The largest absolute Gasteiger partial charge is 0.512 e. The van der Waals surface area contributed by atoms with Gasteiger partial charge in [0.15, 0.2) is 5.78 Å². The Morgan fingerprint density at radius 3 is 1.26 bits per heavy atom. The number of fused-ring (bicyclic) bond motifs is 7. The van der Waals surface area contributed by atoms with E-state index in [9.17, 15) is 4.79 Å². The predicted molar refractivity (Wildman–Crippen MR) is 516 cm³/mol. The maximum atomic E-state index is 10.0. The van der Waals surface area contributed by atoms with Gasteiger partial charge in [0.2, 0.25) is 0 Å². The number of pyridine rings is 2. The number of ketones is 1. The van der Waals surface area contributed by atoms with Crippen LogP contribution in [0.2, 0.25) is 0 Å². The van der Waals surface area contributed by atoms with Crippen molar-refractivity contribution in [2.45, 2.75) is 27.7 Å². The molecule has 0 fully saturated rings. The molecule has 3 radical (unpaired) electrons. The minimum atomic E-state index is -0.125. The topological polar surface area (TPSA) is 53.9 Å². The summed E-state index contributed by atoms with van der Waals surface area (Å²) in [6.45, 7) is 19.6. The molecule has 0 saturated carbocycles. The summed E-state index contributed by atoms with van der Waals surface area (Å²) in [5.41, 5.74) is 30.1. The van der Waals surface area contributed by atoms with E-state index in [4.69, 9.17) is 5.11 Å². The predicted octanol–water partition coefficient (Wildman–Crippen LogP) is 29.1. The minimum Gasteiger partial charge on any atom is -0.512 e. The molecular formula is C114H91Ir3N4O2S2-3. The second-order valence-corrected chi connectivity index (χ2v) is 32.5. The van der Waals surface area contributed by atoms with Crippen LogP contribution in [0.15, 0.2) is 407 Å². The number of aryl methyl sites for hydroxylation is 2. The first-order valence-electron chi connectivity index (χ1n) is 40.6. The van der Waals surface area contributed by atoms with Gasteiger partial charge in [0, 0.05) is 138 Å². The number of imidazole rings is 1. The van der Waals surface area contributed by atoms with Crippen molar-refractivity contribution in [2.24, 2.45) is 0 Å². The molecule has 6 nitrogen and oxygen atoms in total. The van der Waals surface area contributed by atoms with E-state index in [0.29, 0.717) is 0 Å². The molecule has 621 valence electrons. The summed E-state index contributed by atoms with van der Waals surface area (Å²) in [7, 11) is 12.7. The molecule has 0 bridgehead atoms. The Labute approximate surface area is 782 Å². The third kappa shape index (κ3) is 20.1. The first kappa shape index (κ1) is 89.6. The van der Waals surface area contributed by atoms with E-state index in [1.54, 1.807) is 0 Å². The number of aromatic nitrogens is 4. The molecule has 0 unspecified atom stereocenters. The molecule has 0 amide bonds. The molecule has 5 aromatic heterocycles. The van der Waals surface area contributed by atoms with Gasteiger partial charge in [-0.05, 0) is 149 Å². The average molecular weight is 2190 g/mol. The normalized spacial score (nSPS) is 10.8. The van der Waals surface area contributed by atoms with Gasteiger partial charge in [-0.2, -0.15) is 55.7 Å². The Balaban J connectivity index is 0.000000143. The molecule has 20 rings (SSSR count). The van der Waals surface area contributed by atoms with Crippen molar-refractivity contribution in [3.05, 3.63) is 476 Å². The number of allylic oxidation sites excluding steroid dienone is 2. The number of hydrogen-bond donors (Lipinski definition) is 1. The van der Waals surface area contributed by atoms with Crippen LogP contribution in [0.4, 0.5) is 0 Å². The Morgan fingerprint density at radius 1 is 0.344 bits per heavy atom. The van der Waals surface area contributed by atoms with Crippen LogP contribution in [-0.4, -0.2) is 15.5 Å². The van der Waals surface area contributed by atoms with E-state index in [-0.39, 0.29) is 71.9 Å². The fraction of sp³-hybridized carbons (Fsp3) is 0.0351. The van der Waals surface area contributed by atoms with Crippen molar-refractivity contribution in [2.75, 3.05) is 0 Å². The molecule has 0 aliphatic carbocycles. The standard InChI is InChI=1S/C36H22S2.C35H27N2.C19H18N.C19H16N.C5H8O2.3Ir/c1-3-19-33-29(13-1)31-17-7-15-27(35(31)37-33)25-11-5-9-23(21-25)24-10-6-12-26(22-24)28-16-8-18-32-30-14-2-4-20-34(30)38-36(28)32;1-26-14-12-13-21-31(26)35-36(2)22-23-37(35)34-32(28-17-8-4-9-18-28)24-30(27-15-6-3-7-16-27)25-33(34)29-19-10-5-11-20-29;1-13-5-7-15(3)17(11-13)18-10-9-16-8-6-14(2)12-19(16)20(18)4;1-15-8-6-7-11-18(15)19-13-12-17(14-20(19)2)16-9-4-3-5-10-16;1-4(6)3-5(2)7;;;/h1-22H;3-25H,1-2H2;5-12H,3-4H2,1-2H3;3-14H,1-2H2;3,6H,1-2H3;;;/q;3*-1;;;;. The third-order valence-corrected chi connectivity index (χ3v) is 24.3. The van der Waals surface area contributed by atoms with Gasteiger partial charge in [0.1, 0.15) is 17.0 Å². The molecule has 125 heavy (non-hydrogen) atoms. The molecule has 0 aliphatic heterocycles. The molecule has 5 heterocycles. The molecule has 11 heteroatoms. The van der Waals surface area contributed by atoms with Crippen LogP contribution in [0.3, 0.4) is 0 Å². The van der Waals surface area contributed by atoms with Gasteiger partial charge in [-0.3, -0.25) is 9.36 Å². The number of benzene rings is 15. The second-order valence-electron chi connectivity index (χ2n) is 30.4. The Kier molecular flexibility index (Phi) is 29.3. The summed E-state index contributed by atoms with van der Waals surface area (Å²) < 4.78 is 13.5. The Hall–Kier alpha value is -13.1. The van der Waals surface area contributed by atoms with Crippen LogP contribution < -0.4 is 13.7 Å². The van der Waals surface area contributed by atoms with E-state index >= 15 is 0 Å². The minimum absolute atomic E-state index is 0. The van der Waals surface area contributed by atoms with E-state index in [1.807, 2.05) is 91.1 Å². The molecule has 0 atom stereocenters. The molecular weight excluding hydrogens is 2100 g/mol. The van der Waals surface area contributed by atoms with Crippen molar-refractivity contribution < 1.29 is 83.9 Å². The fourth-order valence-corrected chi connectivity index (χ4v) is 18.4. The molecule has 0 saturated heterocycles. The summed E-state index contributed by atoms with van der Waals surface area (Å²) in [5, 5.41) is 14.9. The van der Waals surface area contributed by atoms with Crippen molar-refractivity contribution in [1.29, 1.82) is 0 Å². The maximum Gasteiger partial charge on any atom is 0.155 e. The maximum absolute atomic E-state index is 10.0. The van der Waals surface area contributed by atoms with Crippen LogP contribution in [-0.2, 0) is 65.1 Å². The SMILES string of the molecule is CC(=O)C=C(C)O.[CH2-]c1ccc(C)cc1-c1ccc2ccc(C)cc2[n+]1[CH2-].[CH2-]c1ccccc1-c1ccc(-c2ccccc2)c[n+]1[CH2-].[CH2-]c1ccccc1-c1n(-c2c(-c3ccccc3)cc(-c3ccccc3)cc2-c2ccccc2)cc[n+]1[CH2-].[Ir].[Ir].[Ir].c1cc(-c2cccc(-c3cccc4c3sc3ccccc34)c2)cc(-c2cccc3c2sc2ccccc23)c1.